The molecule has 1 aromatic heterocycles. The quantitative estimate of drug-likeness (QED) is 0.683. The van der Waals surface area contributed by atoms with Crippen LogP contribution in [0.25, 0.3) is 0 Å². The topological polar surface area (TPSA) is 45.1 Å². The van der Waals surface area contributed by atoms with E-state index in [0.717, 1.165) is 12.3 Å². The predicted molar refractivity (Wildman–Crippen MR) is 43.0 cm³/mol. The molecule has 3 nitrogen and oxygen atoms in total. The maximum atomic E-state index is 13.0. The van der Waals surface area contributed by atoms with Gasteiger partial charge in [0.15, 0.2) is 0 Å². The Labute approximate surface area is 74.4 Å². The molecular weight excluding hydrogens is 178 g/mol. The number of nitrogens with zero attached hydrogens (tertiary/aromatic N) is 1. The van der Waals surface area contributed by atoms with Crippen LogP contribution in [0.15, 0.2) is 12.3 Å². The average molecular weight is 188 g/mol. The number of aliphatic hydroxyl groups is 1. The van der Waals surface area contributed by atoms with E-state index in [-0.39, 0.29) is 12.2 Å². The zero-order valence-electron chi connectivity index (χ0n) is 7.09. The van der Waals surface area contributed by atoms with Gasteiger partial charge in [0.25, 0.3) is 0 Å². The molecule has 0 radical (unpaired) electrons. The highest BCUT2D eigenvalue weighted by atomic mass is 19.1. The first-order valence-electron chi connectivity index (χ1n) is 3.78. The first kappa shape index (κ1) is 10.0. The molecule has 0 fully saturated rings. The molecule has 0 spiro atoms. The highest BCUT2D eigenvalue weighted by Crippen LogP contribution is 2.15. The molecule has 0 bridgehead atoms. The molecule has 1 heterocycles. The summed E-state index contributed by atoms with van der Waals surface area (Å²) < 4.78 is 25.6. The van der Waals surface area contributed by atoms with Crippen LogP contribution in [-0.2, 0) is 0 Å². The Kier molecular flexibility index (Phi) is 3.27. The van der Waals surface area contributed by atoms with Crippen LogP contribution >= 0.6 is 0 Å². The molecule has 5 heteroatoms. The lowest BCUT2D eigenvalue weighted by molar-refractivity contribution is 0.247. The molecule has 0 aliphatic carbocycles. The Morgan fingerprint density at radius 1 is 1.62 bits per heavy atom. The number of likely N-dealkylation sites (N-methyl/N-ethyl adjacent to an activating group) is 1. The normalized spacial score (nSPS) is 12.9. The van der Waals surface area contributed by atoms with Gasteiger partial charge >= 0.3 is 0 Å². The third kappa shape index (κ3) is 2.19. The van der Waals surface area contributed by atoms with Gasteiger partial charge in [-0.3, -0.25) is 0 Å². The number of rotatable bonds is 3. The maximum absolute atomic E-state index is 13.0. The minimum absolute atomic E-state index is 0.0810. The van der Waals surface area contributed by atoms with E-state index in [1.165, 1.54) is 0 Å². The van der Waals surface area contributed by atoms with Gasteiger partial charge in [-0.25, -0.2) is 9.37 Å². The van der Waals surface area contributed by atoms with Crippen molar-refractivity contribution in [3.63, 3.8) is 0 Å². The molecule has 0 amide bonds. The minimum atomic E-state index is -0.759. The van der Waals surface area contributed by atoms with E-state index in [4.69, 9.17) is 5.11 Å². The van der Waals surface area contributed by atoms with Crippen molar-refractivity contribution in [2.24, 2.45) is 0 Å². The number of hydrogen-bond acceptors (Lipinski definition) is 3. The second-order valence-electron chi connectivity index (χ2n) is 2.55. The van der Waals surface area contributed by atoms with Crippen LogP contribution in [0.2, 0.25) is 0 Å². The van der Waals surface area contributed by atoms with Crippen molar-refractivity contribution < 1.29 is 13.9 Å². The highest BCUT2D eigenvalue weighted by Gasteiger charge is 2.13. The third-order valence-electron chi connectivity index (χ3n) is 1.76. The van der Waals surface area contributed by atoms with Crippen molar-refractivity contribution in [2.75, 3.05) is 13.7 Å². The molecule has 0 aromatic carbocycles. The van der Waals surface area contributed by atoms with Crippen LogP contribution in [0.1, 0.15) is 11.6 Å². The lowest BCUT2D eigenvalue weighted by atomic mass is 10.1. The number of hydrogen-bond donors (Lipinski definition) is 2. The van der Waals surface area contributed by atoms with Crippen LogP contribution in [0.5, 0.6) is 0 Å². The Morgan fingerprint density at radius 2 is 2.31 bits per heavy atom. The molecule has 72 valence electrons. The van der Waals surface area contributed by atoms with Gasteiger partial charge in [-0.2, -0.15) is 4.39 Å². The summed E-state index contributed by atoms with van der Waals surface area (Å²) in [7, 11) is 1.55. The van der Waals surface area contributed by atoms with Crippen molar-refractivity contribution in [2.45, 2.75) is 6.04 Å². The summed E-state index contributed by atoms with van der Waals surface area (Å²) in [6.45, 7) is -0.295. The van der Waals surface area contributed by atoms with Gasteiger partial charge in [-0.1, -0.05) is 0 Å². The van der Waals surface area contributed by atoms with Gasteiger partial charge in [0.2, 0.25) is 5.95 Å². The summed E-state index contributed by atoms with van der Waals surface area (Å²) in [5.41, 5.74) is 0.0810. The fourth-order valence-electron chi connectivity index (χ4n) is 1.04. The van der Waals surface area contributed by atoms with Crippen molar-refractivity contribution in [1.29, 1.82) is 0 Å². The molecule has 0 aliphatic heterocycles. The largest absolute Gasteiger partial charge is 0.394 e. The first-order chi connectivity index (χ1) is 6.19. The Hall–Kier alpha value is -1.07. The lowest BCUT2D eigenvalue weighted by Crippen LogP contribution is -2.21. The van der Waals surface area contributed by atoms with Crippen molar-refractivity contribution in [3.05, 3.63) is 29.6 Å². The van der Waals surface area contributed by atoms with E-state index < -0.39 is 17.8 Å². The number of pyridine rings is 1. The van der Waals surface area contributed by atoms with E-state index in [1.807, 2.05) is 0 Å². The summed E-state index contributed by atoms with van der Waals surface area (Å²) in [5.74, 6) is -1.39. The molecule has 0 unspecified atom stereocenters. The van der Waals surface area contributed by atoms with Crippen molar-refractivity contribution in [1.82, 2.24) is 10.3 Å². The molecule has 1 aromatic rings. The molecule has 0 aliphatic rings. The maximum Gasteiger partial charge on any atom is 0.213 e. The van der Waals surface area contributed by atoms with Gasteiger partial charge in [0.1, 0.15) is 5.82 Å². The summed E-state index contributed by atoms with van der Waals surface area (Å²) in [6.07, 6.45) is 0.796. The van der Waals surface area contributed by atoms with E-state index in [2.05, 4.69) is 10.3 Å². The number of aromatic nitrogens is 1. The SMILES string of the molecule is CN[C@H](CO)c1cc(F)ncc1F. The zero-order valence-corrected chi connectivity index (χ0v) is 7.09. The van der Waals surface area contributed by atoms with Crippen LogP contribution in [0.4, 0.5) is 8.78 Å². The van der Waals surface area contributed by atoms with Gasteiger partial charge in [0, 0.05) is 11.6 Å². The molecule has 1 rings (SSSR count). The minimum Gasteiger partial charge on any atom is -0.394 e. The smallest absolute Gasteiger partial charge is 0.213 e. The van der Waals surface area contributed by atoms with Crippen molar-refractivity contribution >= 4 is 0 Å². The van der Waals surface area contributed by atoms with E-state index in [9.17, 15) is 8.78 Å². The summed E-state index contributed by atoms with van der Waals surface area (Å²) in [5, 5.41) is 11.5. The Bertz CT molecular complexity index is 289. The van der Waals surface area contributed by atoms with Crippen LogP contribution < -0.4 is 5.32 Å². The summed E-state index contributed by atoms with van der Waals surface area (Å²) in [4.78, 5) is 3.14. The number of aliphatic hydroxyl groups excluding tert-OH is 1. The third-order valence-corrected chi connectivity index (χ3v) is 1.76. The fourth-order valence-corrected chi connectivity index (χ4v) is 1.04. The second kappa shape index (κ2) is 4.25. The van der Waals surface area contributed by atoms with Gasteiger partial charge < -0.3 is 10.4 Å². The molecule has 0 saturated carbocycles. The molecule has 13 heavy (non-hydrogen) atoms. The molecule has 1 atom stereocenters. The lowest BCUT2D eigenvalue weighted by Gasteiger charge is -2.13. The zero-order chi connectivity index (χ0) is 9.84. The molecule has 2 N–H and O–H groups in total. The van der Waals surface area contributed by atoms with Gasteiger partial charge in [0.05, 0.1) is 18.8 Å². The Balaban J connectivity index is 3.03. The number of nitrogens with one attached hydrogen (secondary N) is 1. The van der Waals surface area contributed by atoms with Gasteiger partial charge in [-0.05, 0) is 7.05 Å². The summed E-state index contributed by atoms with van der Waals surface area (Å²) >= 11 is 0. The van der Waals surface area contributed by atoms with Gasteiger partial charge in [-0.15, -0.1) is 0 Å². The summed E-state index contributed by atoms with van der Waals surface area (Å²) in [6, 6.07) is 0.365. The fraction of sp³-hybridized carbons (Fsp3) is 0.375. The van der Waals surface area contributed by atoms with E-state index >= 15 is 0 Å². The Morgan fingerprint density at radius 3 is 2.85 bits per heavy atom. The van der Waals surface area contributed by atoms with Crippen LogP contribution in [0, 0.1) is 11.8 Å². The van der Waals surface area contributed by atoms with Crippen molar-refractivity contribution in [3.8, 4) is 0 Å². The highest BCUT2D eigenvalue weighted by molar-refractivity contribution is 5.18. The standard InChI is InChI=1S/C8H10F2N2O/c1-11-7(4-13)5-2-8(10)12-3-6(5)9/h2-3,7,11,13H,4H2,1H3/t7-/m1/s1. The van der Waals surface area contributed by atoms with Crippen LogP contribution in [0.3, 0.4) is 0 Å². The van der Waals surface area contributed by atoms with Crippen LogP contribution in [-0.4, -0.2) is 23.7 Å². The monoisotopic (exact) mass is 188 g/mol. The van der Waals surface area contributed by atoms with E-state index in [0.29, 0.717) is 0 Å². The second-order valence-corrected chi connectivity index (χ2v) is 2.55. The first-order valence-corrected chi connectivity index (χ1v) is 3.78. The van der Waals surface area contributed by atoms with E-state index in [1.54, 1.807) is 7.05 Å². The predicted octanol–water partition coefficient (Wildman–Crippen LogP) is 0.613. The molecular formula is C8H10F2N2O. The molecule has 0 saturated heterocycles. The average Bonchev–Trinajstić information content (AvgIpc) is 2.13. The number of halogens is 2.